The van der Waals surface area contributed by atoms with Gasteiger partial charge in [0.25, 0.3) is 5.91 Å². The number of ether oxygens (including phenoxy) is 1. The predicted octanol–water partition coefficient (Wildman–Crippen LogP) is 9.08. The molecule has 1 aliphatic carbocycles. The number of thiophene rings is 1. The number of rotatable bonds is 13. The topological polar surface area (TPSA) is 206 Å². The standard InChI is InChI=1S/C55H58ClN9O7S2/c1-27-30(4)74-54-46(27)47(33-13-15-36(56)16-14-33)60-41(50-63-62-31(5)65(50)54)24-45(67)59-37-21-40(22-37)71-39-17-18-43-35(19-39)20-44(72-43)52(69)61-49(55(6,7)8)53(70)64-25-38(66)23-42(64)51(68)58-28(2)32-9-11-34(12-10-32)48-29(3)57-26-73-48/h9-20,26,28,37-38,40-42,49,66H,21-25H2,1-8H3,(H,58,68)(H,59,67)(H,61,69)/t28-,37-,38+,40+,41-,42-,49+/m0/s1. The van der Waals surface area contributed by atoms with Crippen LogP contribution in [0.4, 0.5) is 0 Å². The van der Waals surface area contributed by atoms with E-state index in [1.165, 1.54) is 4.90 Å². The quantitative estimate of drug-likeness (QED) is 0.0862. The molecular weight excluding hydrogens is 998 g/mol. The van der Waals surface area contributed by atoms with E-state index in [4.69, 9.17) is 25.7 Å². The average molecular weight is 1060 g/mol. The van der Waals surface area contributed by atoms with Crippen molar-refractivity contribution >= 4 is 74.6 Å². The largest absolute Gasteiger partial charge is 0.490 e. The number of aliphatic hydroxyl groups is 1. The third kappa shape index (κ3) is 10.1. The molecule has 7 aromatic rings. The number of halogens is 1. The van der Waals surface area contributed by atoms with Crippen LogP contribution in [-0.2, 0) is 14.4 Å². The lowest BCUT2D eigenvalue weighted by molar-refractivity contribution is -0.142. The van der Waals surface area contributed by atoms with E-state index in [1.54, 1.807) is 46.9 Å². The Balaban J connectivity index is 0.754. The molecule has 1 saturated heterocycles. The zero-order valence-corrected chi connectivity index (χ0v) is 44.7. The molecule has 0 radical (unpaired) electrons. The highest BCUT2D eigenvalue weighted by molar-refractivity contribution is 7.15. The number of carbonyl (C=O) groups excluding carboxylic acids is 4. The Morgan fingerprint density at radius 3 is 2.36 bits per heavy atom. The minimum absolute atomic E-state index is 0.000667. The van der Waals surface area contributed by atoms with Gasteiger partial charge in [0.15, 0.2) is 11.6 Å². The molecule has 5 atom stereocenters. The number of aliphatic imine (C=N–C) groups is 1. The van der Waals surface area contributed by atoms with Crippen molar-refractivity contribution < 1.29 is 33.4 Å². The molecule has 2 aliphatic heterocycles. The number of aryl methyl sites for hydroxylation is 3. The van der Waals surface area contributed by atoms with Gasteiger partial charge < -0.3 is 35.1 Å². The number of fused-ring (bicyclic) bond motifs is 4. The van der Waals surface area contributed by atoms with Gasteiger partial charge in [0.1, 0.15) is 46.4 Å². The number of nitrogens with one attached hydrogen (secondary N) is 3. The second kappa shape index (κ2) is 20.2. The van der Waals surface area contributed by atoms with Crippen molar-refractivity contribution in [1.29, 1.82) is 0 Å². The van der Waals surface area contributed by atoms with Crippen LogP contribution < -0.4 is 20.7 Å². The number of hydrogen-bond donors (Lipinski definition) is 4. The normalized spacial score (nSPS) is 20.2. The van der Waals surface area contributed by atoms with Gasteiger partial charge in [-0.1, -0.05) is 68.8 Å². The molecule has 2 fully saturated rings. The van der Waals surface area contributed by atoms with Crippen molar-refractivity contribution in [3.8, 4) is 21.2 Å². The van der Waals surface area contributed by atoms with E-state index in [2.05, 4.69) is 45.0 Å². The van der Waals surface area contributed by atoms with Crippen molar-refractivity contribution in [2.24, 2.45) is 10.4 Å². The van der Waals surface area contributed by atoms with Crippen LogP contribution in [0, 0.1) is 33.1 Å². The molecule has 0 unspecified atom stereocenters. The average Bonchev–Trinajstić information content (AvgIpc) is 4.19. The van der Waals surface area contributed by atoms with Crippen molar-refractivity contribution in [1.82, 2.24) is 40.6 Å². The summed E-state index contributed by atoms with van der Waals surface area (Å²) in [5, 5.41) is 31.1. The minimum atomic E-state index is -1.06. The molecule has 16 nitrogen and oxygen atoms in total. The van der Waals surface area contributed by atoms with Gasteiger partial charge >= 0.3 is 0 Å². The molecule has 384 valence electrons. The number of benzene rings is 3. The number of likely N-dealkylation sites (tertiary alicyclic amines) is 1. The Labute approximate surface area is 441 Å². The highest BCUT2D eigenvalue weighted by Crippen LogP contribution is 2.40. The fourth-order valence-corrected chi connectivity index (χ4v) is 12.1. The lowest BCUT2D eigenvalue weighted by Gasteiger charge is -2.36. The Hall–Kier alpha value is -6.73. The van der Waals surface area contributed by atoms with Gasteiger partial charge in [0.05, 0.1) is 40.4 Å². The van der Waals surface area contributed by atoms with Crippen molar-refractivity contribution in [3.05, 3.63) is 134 Å². The highest BCUT2D eigenvalue weighted by atomic mass is 35.5. The fraction of sp³-hybridized carbons (Fsp3) is 0.382. The van der Waals surface area contributed by atoms with E-state index < -0.39 is 47.4 Å². The number of aromatic nitrogens is 4. The molecule has 74 heavy (non-hydrogen) atoms. The third-order valence-corrected chi connectivity index (χ3v) is 16.7. The molecule has 1 saturated carbocycles. The molecule has 19 heteroatoms. The van der Waals surface area contributed by atoms with Crippen LogP contribution in [0.25, 0.3) is 26.4 Å². The summed E-state index contributed by atoms with van der Waals surface area (Å²) in [5.41, 5.74) is 8.16. The number of furan rings is 1. The Morgan fingerprint density at radius 1 is 0.932 bits per heavy atom. The van der Waals surface area contributed by atoms with E-state index in [9.17, 15) is 24.3 Å². The van der Waals surface area contributed by atoms with Crippen LogP contribution >= 0.6 is 34.3 Å². The van der Waals surface area contributed by atoms with Gasteiger partial charge in [0.2, 0.25) is 17.7 Å². The molecule has 4 N–H and O–H groups in total. The van der Waals surface area contributed by atoms with Gasteiger partial charge in [-0.3, -0.25) is 28.7 Å². The zero-order valence-electron chi connectivity index (χ0n) is 42.4. The van der Waals surface area contributed by atoms with Gasteiger partial charge in [-0.15, -0.1) is 32.9 Å². The maximum atomic E-state index is 14.4. The predicted molar refractivity (Wildman–Crippen MR) is 285 cm³/mol. The third-order valence-electron chi connectivity index (χ3n) is 14.2. The lowest BCUT2D eigenvalue weighted by atomic mass is 9.85. The van der Waals surface area contributed by atoms with Crippen LogP contribution in [0.15, 0.2) is 87.7 Å². The van der Waals surface area contributed by atoms with Gasteiger partial charge in [0, 0.05) is 58.3 Å². The summed E-state index contributed by atoms with van der Waals surface area (Å²) in [4.78, 5) is 69.0. The van der Waals surface area contributed by atoms with Crippen LogP contribution in [0.2, 0.25) is 5.02 Å². The summed E-state index contributed by atoms with van der Waals surface area (Å²) in [5.74, 6) is 0.276. The first-order chi connectivity index (χ1) is 35.3. The summed E-state index contributed by atoms with van der Waals surface area (Å²) >= 11 is 9.51. The number of amides is 4. The first-order valence-electron chi connectivity index (χ1n) is 24.8. The molecule has 4 aromatic heterocycles. The van der Waals surface area contributed by atoms with E-state index in [-0.39, 0.29) is 49.2 Å². The Morgan fingerprint density at radius 2 is 1.66 bits per heavy atom. The molecule has 3 aromatic carbocycles. The number of thiazole rings is 1. The Bertz CT molecular complexity index is 3330. The SMILES string of the molecule is Cc1ncsc1-c1ccc([C@H](C)NC(=O)[C@@H]2C[C@@H](O)CN2C(=O)[C@@H](NC(=O)c2cc3cc(O[C@H]4C[C@@H](NC(=O)C[C@@H]5N=C(c6ccc(Cl)cc6)c6c(sc(C)c6C)-n6c(C)nnc65)C4)ccc3o2)C(C)(C)C)cc1. The monoisotopic (exact) mass is 1060 g/mol. The lowest BCUT2D eigenvalue weighted by Crippen LogP contribution is -2.57. The summed E-state index contributed by atoms with van der Waals surface area (Å²) < 4.78 is 14.4. The Kier molecular flexibility index (Phi) is 13.9. The maximum absolute atomic E-state index is 14.4. The van der Waals surface area contributed by atoms with Gasteiger partial charge in [-0.05, 0) is 93.1 Å². The smallest absolute Gasteiger partial charge is 0.287 e. The van der Waals surface area contributed by atoms with Gasteiger partial charge in [-0.25, -0.2) is 4.98 Å². The van der Waals surface area contributed by atoms with Gasteiger partial charge in [-0.2, -0.15) is 0 Å². The van der Waals surface area contributed by atoms with E-state index >= 15 is 0 Å². The van der Waals surface area contributed by atoms with Crippen LogP contribution in [0.5, 0.6) is 5.75 Å². The summed E-state index contributed by atoms with van der Waals surface area (Å²) in [7, 11) is 0. The molecule has 0 spiro atoms. The molecule has 4 amide bonds. The molecule has 0 bridgehead atoms. The molecule has 6 heterocycles. The second-order valence-electron chi connectivity index (χ2n) is 20.7. The number of carbonyl (C=O) groups is 4. The van der Waals surface area contributed by atoms with E-state index in [0.717, 1.165) is 59.8 Å². The molecule has 3 aliphatic rings. The summed E-state index contributed by atoms with van der Waals surface area (Å²) in [6.45, 7) is 15.4. The molecule has 10 rings (SSSR count). The van der Waals surface area contributed by atoms with Crippen molar-refractivity contribution in [3.63, 3.8) is 0 Å². The fourth-order valence-electron chi connectivity index (χ4n) is 9.99. The molecular formula is C55H58ClN9O7S2. The van der Waals surface area contributed by atoms with E-state index in [0.29, 0.717) is 40.4 Å². The maximum Gasteiger partial charge on any atom is 0.287 e. The number of β-amino-alcohol motifs (C(OH)–C–C–N with tert-alkyl or cyclic N) is 1. The zero-order chi connectivity index (χ0) is 52.3. The first kappa shape index (κ1) is 50.8. The number of nitrogens with zero attached hydrogens (tertiary/aromatic N) is 6. The van der Waals surface area contributed by atoms with E-state index in [1.807, 2.05) is 100 Å². The van der Waals surface area contributed by atoms with Crippen LogP contribution in [0.3, 0.4) is 0 Å². The summed E-state index contributed by atoms with van der Waals surface area (Å²) in [6, 6.07) is 19.3. The second-order valence-corrected chi connectivity index (χ2v) is 23.2. The minimum Gasteiger partial charge on any atom is -0.490 e. The van der Waals surface area contributed by atoms with Crippen molar-refractivity contribution in [2.75, 3.05) is 6.54 Å². The number of hydrogen-bond acceptors (Lipinski definition) is 13. The van der Waals surface area contributed by atoms with Crippen molar-refractivity contribution in [2.45, 2.75) is 123 Å². The van der Waals surface area contributed by atoms with Crippen LogP contribution in [0.1, 0.15) is 120 Å². The first-order valence-corrected chi connectivity index (χ1v) is 26.8. The highest BCUT2D eigenvalue weighted by Gasteiger charge is 2.45. The summed E-state index contributed by atoms with van der Waals surface area (Å²) in [6.07, 6.45) is 0.255. The number of aliphatic hydroxyl groups excluding tert-OH is 1. The van der Waals surface area contributed by atoms with Crippen LogP contribution in [-0.4, -0.2) is 96.0 Å².